The van der Waals surface area contributed by atoms with Crippen molar-refractivity contribution in [2.24, 2.45) is 5.41 Å². The van der Waals surface area contributed by atoms with Gasteiger partial charge >= 0.3 is 0 Å². The van der Waals surface area contributed by atoms with Gasteiger partial charge in [0, 0.05) is 24.2 Å². The topological polar surface area (TPSA) is 41.6 Å². The van der Waals surface area contributed by atoms with Crippen molar-refractivity contribution >= 4 is 11.6 Å². The van der Waals surface area contributed by atoms with E-state index in [2.05, 4.69) is 16.3 Å². The molecule has 1 atom stereocenters. The molecule has 21 heavy (non-hydrogen) atoms. The number of ether oxygens (including phenoxy) is 1. The largest absolute Gasteiger partial charge is 0.379 e. The highest BCUT2D eigenvalue weighted by atomic mass is 16.5. The van der Waals surface area contributed by atoms with Gasteiger partial charge in [0.2, 0.25) is 5.91 Å². The molecule has 0 aromatic heterocycles. The zero-order valence-corrected chi connectivity index (χ0v) is 12.3. The molecule has 4 rings (SSSR count). The third-order valence-electron chi connectivity index (χ3n) is 5.13. The molecule has 0 bridgehead atoms. The van der Waals surface area contributed by atoms with Crippen LogP contribution in [0.25, 0.3) is 0 Å². The summed E-state index contributed by atoms with van der Waals surface area (Å²) < 4.78 is 5.75. The lowest BCUT2D eigenvalue weighted by Crippen LogP contribution is -2.46. The Labute approximate surface area is 125 Å². The number of rotatable bonds is 1. The van der Waals surface area contributed by atoms with E-state index in [-0.39, 0.29) is 11.9 Å². The summed E-state index contributed by atoms with van der Waals surface area (Å²) in [6.45, 7) is 3.51. The van der Waals surface area contributed by atoms with Crippen molar-refractivity contribution in [3.63, 3.8) is 0 Å². The van der Waals surface area contributed by atoms with Gasteiger partial charge in [-0.1, -0.05) is 18.2 Å². The third-order valence-corrected chi connectivity index (χ3v) is 5.13. The number of fused-ring (bicyclic) bond motifs is 1. The zero-order chi connectivity index (χ0) is 14.3. The van der Waals surface area contributed by atoms with Crippen LogP contribution < -0.4 is 5.32 Å². The summed E-state index contributed by atoms with van der Waals surface area (Å²) in [5.74, 6) is 0.151. The summed E-state index contributed by atoms with van der Waals surface area (Å²) in [7, 11) is 0. The van der Waals surface area contributed by atoms with Crippen LogP contribution in [0.15, 0.2) is 24.3 Å². The van der Waals surface area contributed by atoms with Crippen LogP contribution in [0.1, 0.15) is 24.8 Å². The molecule has 1 aromatic rings. The monoisotopic (exact) mass is 286 g/mol. The lowest BCUT2D eigenvalue weighted by Gasteiger charge is -2.30. The van der Waals surface area contributed by atoms with Crippen molar-refractivity contribution in [3.05, 3.63) is 29.8 Å². The fourth-order valence-electron chi connectivity index (χ4n) is 3.62. The smallest absolute Gasteiger partial charge is 0.241 e. The lowest BCUT2D eigenvalue weighted by atomic mass is 10.0. The summed E-state index contributed by atoms with van der Waals surface area (Å²) in [5.41, 5.74) is 2.58. The van der Waals surface area contributed by atoms with Gasteiger partial charge in [0.05, 0.1) is 19.3 Å². The first-order valence-electron chi connectivity index (χ1n) is 7.96. The second kappa shape index (κ2) is 5.11. The van der Waals surface area contributed by atoms with Crippen molar-refractivity contribution < 1.29 is 9.53 Å². The fourth-order valence-corrected chi connectivity index (χ4v) is 3.62. The van der Waals surface area contributed by atoms with E-state index in [4.69, 9.17) is 4.74 Å². The van der Waals surface area contributed by atoms with Crippen LogP contribution in [0, 0.1) is 5.41 Å². The van der Waals surface area contributed by atoms with Crippen LogP contribution in [0.2, 0.25) is 0 Å². The third kappa shape index (κ3) is 2.58. The number of benzene rings is 1. The molecule has 1 aromatic carbocycles. The van der Waals surface area contributed by atoms with Crippen molar-refractivity contribution in [1.82, 2.24) is 4.90 Å². The minimum absolute atomic E-state index is 0.0171. The van der Waals surface area contributed by atoms with Gasteiger partial charge in [-0.15, -0.1) is 0 Å². The number of carbonyl (C=O) groups is 1. The Bertz CT molecular complexity index is 553. The molecule has 1 saturated heterocycles. The van der Waals surface area contributed by atoms with E-state index < -0.39 is 0 Å². The molecular formula is C17H22N2O2. The number of nitrogens with one attached hydrogen (secondary N) is 1. The van der Waals surface area contributed by atoms with E-state index in [1.807, 2.05) is 18.2 Å². The van der Waals surface area contributed by atoms with E-state index in [0.29, 0.717) is 5.41 Å². The maximum absolute atomic E-state index is 12.6. The Hall–Kier alpha value is -1.39. The van der Waals surface area contributed by atoms with Gasteiger partial charge in [0.25, 0.3) is 0 Å². The van der Waals surface area contributed by atoms with E-state index >= 15 is 0 Å². The molecule has 4 nitrogen and oxygen atoms in total. The van der Waals surface area contributed by atoms with Crippen LogP contribution in [0.5, 0.6) is 0 Å². The summed E-state index contributed by atoms with van der Waals surface area (Å²) in [4.78, 5) is 15.0. The highest BCUT2D eigenvalue weighted by molar-refractivity contribution is 5.96. The van der Waals surface area contributed by atoms with Gasteiger partial charge in [0.1, 0.15) is 0 Å². The zero-order valence-electron chi connectivity index (χ0n) is 12.3. The predicted octanol–water partition coefficient (Wildman–Crippen LogP) is 2.05. The van der Waals surface area contributed by atoms with Crippen LogP contribution >= 0.6 is 0 Å². The molecule has 112 valence electrons. The van der Waals surface area contributed by atoms with Gasteiger partial charge in [-0.3, -0.25) is 9.69 Å². The number of anilines is 1. The fraction of sp³-hybridized carbons (Fsp3) is 0.588. The molecule has 1 amide bonds. The van der Waals surface area contributed by atoms with Crippen LogP contribution in [0.4, 0.5) is 5.69 Å². The van der Waals surface area contributed by atoms with Gasteiger partial charge in [-0.25, -0.2) is 0 Å². The molecule has 1 saturated carbocycles. The van der Waals surface area contributed by atoms with Crippen LogP contribution in [-0.4, -0.2) is 43.2 Å². The number of hydrogen-bond donors (Lipinski definition) is 1. The molecule has 3 aliphatic rings. The minimum atomic E-state index is -0.0171. The highest BCUT2D eigenvalue weighted by Gasteiger charge is 2.47. The summed E-state index contributed by atoms with van der Waals surface area (Å²) in [5, 5.41) is 3.12. The lowest BCUT2D eigenvalue weighted by molar-refractivity contribution is -0.121. The average Bonchev–Trinajstić information content (AvgIpc) is 3.28. The van der Waals surface area contributed by atoms with E-state index in [9.17, 15) is 4.79 Å². The number of hydrogen-bond acceptors (Lipinski definition) is 3. The van der Waals surface area contributed by atoms with E-state index in [1.165, 1.54) is 18.4 Å². The van der Waals surface area contributed by atoms with Gasteiger partial charge in [-0.05, 0) is 37.3 Å². The normalized spacial score (nSPS) is 28.4. The second-order valence-electron chi connectivity index (χ2n) is 6.72. The van der Waals surface area contributed by atoms with Gasteiger partial charge in [0.15, 0.2) is 0 Å². The number of nitrogens with zero attached hydrogens (tertiary/aromatic N) is 1. The second-order valence-corrected chi connectivity index (χ2v) is 6.72. The molecule has 0 radical (unpaired) electrons. The van der Waals surface area contributed by atoms with E-state index in [0.717, 1.165) is 44.8 Å². The number of aryl methyl sites for hydroxylation is 1. The van der Waals surface area contributed by atoms with Gasteiger partial charge < -0.3 is 10.1 Å². The molecule has 1 N–H and O–H groups in total. The van der Waals surface area contributed by atoms with E-state index in [1.54, 1.807) is 0 Å². The number of carbonyl (C=O) groups excluding carboxylic acids is 1. The Morgan fingerprint density at radius 3 is 3.00 bits per heavy atom. The molecule has 2 aliphatic heterocycles. The van der Waals surface area contributed by atoms with Crippen molar-refractivity contribution in [2.75, 3.05) is 31.6 Å². The molecule has 1 spiro atoms. The Kier molecular flexibility index (Phi) is 3.23. The molecule has 2 heterocycles. The quantitative estimate of drug-likeness (QED) is 0.859. The number of para-hydroxylation sites is 1. The molecule has 1 aliphatic carbocycles. The Morgan fingerprint density at radius 1 is 1.29 bits per heavy atom. The summed E-state index contributed by atoms with van der Waals surface area (Å²) in [6.07, 6.45) is 4.36. The van der Waals surface area contributed by atoms with Crippen LogP contribution in [0.3, 0.4) is 0 Å². The van der Waals surface area contributed by atoms with Crippen molar-refractivity contribution in [2.45, 2.75) is 31.7 Å². The Balaban J connectivity index is 1.54. The first-order chi connectivity index (χ1) is 10.3. The standard InChI is InChI=1S/C17H22N2O2/c20-16-15(6-5-13-3-1-2-4-14(13)18-16)19-9-10-21-12-17(11-19)7-8-17/h1-4,15H,5-12H2,(H,18,20). The maximum Gasteiger partial charge on any atom is 0.241 e. The molecule has 1 unspecified atom stereocenters. The molecule has 2 fully saturated rings. The SMILES string of the molecule is O=C1Nc2ccccc2CCC1N1CCOCC2(CC2)C1. The highest BCUT2D eigenvalue weighted by Crippen LogP contribution is 2.47. The van der Waals surface area contributed by atoms with Crippen molar-refractivity contribution in [3.8, 4) is 0 Å². The first kappa shape index (κ1) is 13.3. The summed E-state index contributed by atoms with van der Waals surface area (Å²) in [6, 6.07) is 8.13. The predicted molar refractivity (Wildman–Crippen MR) is 81.2 cm³/mol. The minimum Gasteiger partial charge on any atom is -0.379 e. The molecular weight excluding hydrogens is 264 g/mol. The number of amides is 1. The van der Waals surface area contributed by atoms with Crippen molar-refractivity contribution in [1.29, 1.82) is 0 Å². The maximum atomic E-state index is 12.6. The van der Waals surface area contributed by atoms with Crippen LogP contribution in [-0.2, 0) is 16.0 Å². The average molecular weight is 286 g/mol. The van der Waals surface area contributed by atoms with Gasteiger partial charge in [-0.2, -0.15) is 0 Å². The molecule has 4 heteroatoms. The first-order valence-corrected chi connectivity index (χ1v) is 7.96. The summed E-state index contributed by atoms with van der Waals surface area (Å²) >= 11 is 0. The Morgan fingerprint density at radius 2 is 2.14 bits per heavy atom.